The highest BCUT2D eigenvalue weighted by Crippen LogP contribution is 2.33. The molecule has 0 unspecified atom stereocenters. The molecule has 0 bridgehead atoms. The van der Waals surface area contributed by atoms with Crippen LogP contribution in [0, 0.1) is 0 Å². The van der Waals surface area contributed by atoms with Crippen molar-refractivity contribution in [1.82, 2.24) is 10.3 Å². The van der Waals surface area contributed by atoms with Crippen LogP contribution >= 0.6 is 11.3 Å². The van der Waals surface area contributed by atoms with Crippen molar-refractivity contribution in [1.29, 1.82) is 0 Å². The molecule has 0 saturated heterocycles. The Hall–Kier alpha value is -0.650. The monoisotopic (exact) mass is 313 g/mol. The largest absolute Gasteiger partial charge is 0.383 e. The Kier molecular flexibility index (Phi) is 7.63. The molecule has 21 heavy (non-hydrogen) atoms. The highest BCUT2D eigenvalue weighted by atomic mass is 32.1. The van der Waals surface area contributed by atoms with Gasteiger partial charge in [0.25, 0.3) is 0 Å². The van der Waals surface area contributed by atoms with Crippen LogP contribution in [0.4, 0.5) is 5.13 Å². The molecule has 0 aliphatic heterocycles. The van der Waals surface area contributed by atoms with Crippen molar-refractivity contribution in [3.05, 3.63) is 10.6 Å². The van der Waals surface area contributed by atoms with E-state index in [1.807, 2.05) is 11.3 Å². The SMILES string of the molecule is CCCN(CC)c1nc(C(C)(C)C)c(CNCCOC)s1. The predicted molar refractivity (Wildman–Crippen MR) is 92.6 cm³/mol. The molecule has 0 amide bonds. The topological polar surface area (TPSA) is 37.4 Å². The van der Waals surface area contributed by atoms with Gasteiger partial charge in [-0.3, -0.25) is 0 Å². The van der Waals surface area contributed by atoms with E-state index in [1.165, 1.54) is 10.6 Å². The number of methoxy groups -OCH3 is 1. The van der Waals surface area contributed by atoms with E-state index in [9.17, 15) is 0 Å². The lowest BCUT2D eigenvalue weighted by atomic mass is 9.91. The van der Waals surface area contributed by atoms with Crippen LogP contribution in [0.15, 0.2) is 0 Å². The summed E-state index contributed by atoms with van der Waals surface area (Å²) in [6.45, 7) is 15.7. The van der Waals surface area contributed by atoms with Crippen molar-refractivity contribution >= 4 is 16.5 Å². The van der Waals surface area contributed by atoms with Crippen LogP contribution in [0.25, 0.3) is 0 Å². The first-order valence-corrected chi connectivity index (χ1v) is 8.70. The number of hydrogen-bond acceptors (Lipinski definition) is 5. The van der Waals surface area contributed by atoms with Crippen molar-refractivity contribution in [2.24, 2.45) is 0 Å². The Morgan fingerprint density at radius 3 is 2.52 bits per heavy atom. The first-order valence-electron chi connectivity index (χ1n) is 7.88. The van der Waals surface area contributed by atoms with Gasteiger partial charge < -0.3 is 15.0 Å². The molecule has 0 fully saturated rings. The summed E-state index contributed by atoms with van der Waals surface area (Å²) in [6.07, 6.45) is 1.15. The van der Waals surface area contributed by atoms with Gasteiger partial charge in [-0.25, -0.2) is 4.98 Å². The number of ether oxygens (including phenoxy) is 1. The van der Waals surface area contributed by atoms with Gasteiger partial charge in [-0.1, -0.05) is 27.7 Å². The molecular weight excluding hydrogens is 282 g/mol. The normalized spacial score (nSPS) is 11.9. The van der Waals surface area contributed by atoms with Crippen LogP contribution in [0.2, 0.25) is 0 Å². The van der Waals surface area contributed by atoms with E-state index in [0.717, 1.165) is 44.3 Å². The van der Waals surface area contributed by atoms with Crippen molar-refractivity contribution in [3.63, 3.8) is 0 Å². The summed E-state index contributed by atoms with van der Waals surface area (Å²) in [7, 11) is 1.73. The molecule has 0 spiro atoms. The third-order valence-electron chi connectivity index (χ3n) is 3.31. The standard InChI is InChI=1S/C16H31N3OS/c1-7-10-19(8-2)15-18-14(16(3,4)5)13(21-15)12-17-9-11-20-6/h17H,7-12H2,1-6H3. The summed E-state index contributed by atoms with van der Waals surface area (Å²) in [4.78, 5) is 8.67. The maximum absolute atomic E-state index is 5.09. The van der Waals surface area contributed by atoms with E-state index < -0.39 is 0 Å². The first-order chi connectivity index (χ1) is 9.93. The quantitative estimate of drug-likeness (QED) is 0.709. The molecule has 1 heterocycles. The van der Waals surface area contributed by atoms with Crippen molar-refractivity contribution < 1.29 is 4.74 Å². The van der Waals surface area contributed by atoms with Crippen molar-refractivity contribution in [3.8, 4) is 0 Å². The van der Waals surface area contributed by atoms with Crippen molar-refractivity contribution in [2.45, 2.75) is 53.0 Å². The van der Waals surface area contributed by atoms with Crippen LogP contribution < -0.4 is 10.2 Å². The molecule has 0 atom stereocenters. The maximum atomic E-state index is 5.09. The van der Waals surface area contributed by atoms with Gasteiger partial charge in [0, 0.05) is 43.6 Å². The minimum Gasteiger partial charge on any atom is -0.383 e. The zero-order chi connectivity index (χ0) is 15.9. The zero-order valence-electron chi connectivity index (χ0n) is 14.5. The lowest BCUT2D eigenvalue weighted by Gasteiger charge is -2.19. The molecule has 0 aromatic carbocycles. The van der Waals surface area contributed by atoms with Crippen LogP contribution in [0.3, 0.4) is 0 Å². The third-order valence-corrected chi connectivity index (χ3v) is 4.43. The smallest absolute Gasteiger partial charge is 0.185 e. The molecule has 1 aromatic heterocycles. The second-order valence-corrected chi connectivity index (χ2v) is 7.33. The minimum atomic E-state index is 0.0820. The lowest BCUT2D eigenvalue weighted by molar-refractivity contribution is 0.199. The number of aromatic nitrogens is 1. The van der Waals surface area contributed by atoms with Gasteiger partial charge in [0.2, 0.25) is 0 Å². The highest BCUT2D eigenvalue weighted by molar-refractivity contribution is 7.15. The van der Waals surface area contributed by atoms with Crippen LogP contribution in [-0.2, 0) is 16.7 Å². The van der Waals surface area contributed by atoms with Gasteiger partial charge in [0.15, 0.2) is 5.13 Å². The second-order valence-electron chi connectivity index (χ2n) is 6.27. The molecule has 1 aromatic rings. The summed E-state index contributed by atoms with van der Waals surface area (Å²) < 4.78 is 5.09. The van der Waals surface area contributed by atoms with E-state index in [2.05, 4.69) is 44.8 Å². The third kappa shape index (κ3) is 5.57. The summed E-state index contributed by atoms with van der Waals surface area (Å²) >= 11 is 1.83. The fraction of sp³-hybridized carbons (Fsp3) is 0.812. The maximum Gasteiger partial charge on any atom is 0.185 e. The van der Waals surface area contributed by atoms with Gasteiger partial charge in [0.1, 0.15) is 0 Å². The predicted octanol–water partition coefficient (Wildman–Crippen LogP) is 3.41. The lowest BCUT2D eigenvalue weighted by Crippen LogP contribution is -2.23. The Morgan fingerprint density at radius 2 is 2.00 bits per heavy atom. The van der Waals surface area contributed by atoms with E-state index in [1.54, 1.807) is 7.11 Å². The molecule has 4 nitrogen and oxygen atoms in total. The summed E-state index contributed by atoms with van der Waals surface area (Å²) in [5.74, 6) is 0. The summed E-state index contributed by atoms with van der Waals surface area (Å²) in [5, 5.41) is 4.60. The molecule has 0 radical (unpaired) electrons. The van der Waals surface area contributed by atoms with Crippen molar-refractivity contribution in [2.75, 3.05) is 38.3 Å². The average Bonchev–Trinajstić information content (AvgIpc) is 2.85. The first kappa shape index (κ1) is 18.4. The molecule has 1 N–H and O–H groups in total. The van der Waals surface area contributed by atoms with Crippen LogP contribution in [-0.4, -0.2) is 38.3 Å². The molecule has 0 saturated carbocycles. The second kappa shape index (κ2) is 8.71. The minimum absolute atomic E-state index is 0.0820. The van der Waals surface area contributed by atoms with E-state index in [4.69, 9.17) is 9.72 Å². The molecule has 1 rings (SSSR count). The van der Waals surface area contributed by atoms with Gasteiger partial charge in [0.05, 0.1) is 12.3 Å². The average molecular weight is 314 g/mol. The molecule has 122 valence electrons. The fourth-order valence-corrected chi connectivity index (χ4v) is 3.55. The number of nitrogens with zero attached hydrogens (tertiary/aromatic N) is 2. The number of hydrogen-bond donors (Lipinski definition) is 1. The summed E-state index contributed by atoms with van der Waals surface area (Å²) in [6, 6.07) is 0. The number of rotatable bonds is 9. The Balaban J connectivity index is 2.90. The Labute approximate surface area is 133 Å². The Bertz CT molecular complexity index is 412. The fourth-order valence-electron chi connectivity index (χ4n) is 2.22. The van der Waals surface area contributed by atoms with Gasteiger partial charge in [-0.05, 0) is 13.3 Å². The highest BCUT2D eigenvalue weighted by Gasteiger charge is 2.24. The van der Waals surface area contributed by atoms with Crippen LogP contribution in [0.1, 0.15) is 51.6 Å². The molecule has 0 aliphatic carbocycles. The van der Waals surface area contributed by atoms with E-state index in [0.29, 0.717) is 0 Å². The van der Waals surface area contributed by atoms with Gasteiger partial charge >= 0.3 is 0 Å². The Morgan fingerprint density at radius 1 is 1.29 bits per heavy atom. The van der Waals surface area contributed by atoms with Gasteiger partial charge in [-0.2, -0.15) is 0 Å². The van der Waals surface area contributed by atoms with E-state index in [-0.39, 0.29) is 5.41 Å². The molecule has 5 heteroatoms. The molecule has 0 aliphatic rings. The summed E-state index contributed by atoms with van der Waals surface area (Å²) in [5.41, 5.74) is 1.31. The molecular formula is C16H31N3OS. The zero-order valence-corrected chi connectivity index (χ0v) is 15.3. The van der Waals surface area contributed by atoms with E-state index >= 15 is 0 Å². The van der Waals surface area contributed by atoms with Crippen LogP contribution in [0.5, 0.6) is 0 Å². The number of thiazole rings is 1. The number of nitrogens with one attached hydrogen (secondary N) is 1. The van der Waals surface area contributed by atoms with Gasteiger partial charge in [-0.15, -0.1) is 11.3 Å². The number of anilines is 1.